The van der Waals surface area contributed by atoms with E-state index >= 15 is 0 Å². The normalized spacial score (nSPS) is 25.4. The minimum atomic E-state index is 0.192. The molecule has 0 aromatic rings. The highest BCUT2D eigenvalue weighted by atomic mass is 14.4. The second-order valence-corrected chi connectivity index (χ2v) is 9.58. The fourth-order valence-electron chi connectivity index (χ4n) is 4.12. The maximum Gasteiger partial charge on any atom is 0.0348 e. The van der Waals surface area contributed by atoms with Gasteiger partial charge in [0.1, 0.15) is 0 Å². The van der Waals surface area contributed by atoms with Crippen LogP contribution in [0.5, 0.6) is 0 Å². The first-order valence-electron chi connectivity index (χ1n) is 9.13. The average Bonchev–Trinajstić information content (AvgIpc) is 2.50. The van der Waals surface area contributed by atoms with Crippen LogP contribution in [0.3, 0.4) is 0 Å². The Morgan fingerprint density at radius 3 is 2.21 bits per heavy atom. The predicted molar refractivity (Wildman–Crippen MR) is 104 cm³/mol. The zero-order chi connectivity index (χ0) is 17.3. The number of allylic oxidation sites excluding steroid dienone is 14. The summed E-state index contributed by atoms with van der Waals surface area (Å²) in [6, 6.07) is 0. The lowest BCUT2D eigenvalue weighted by Gasteiger charge is -2.40. The summed E-state index contributed by atoms with van der Waals surface area (Å²) in [5, 5.41) is 0. The molecule has 0 N–H and O–H groups in total. The van der Waals surface area contributed by atoms with Crippen LogP contribution in [0.4, 0.5) is 0 Å². The Labute approximate surface area is 146 Å². The fourth-order valence-corrected chi connectivity index (χ4v) is 4.12. The lowest BCUT2D eigenvalue weighted by Crippen LogP contribution is -2.25. The highest BCUT2D eigenvalue weighted by Gasteiger charge is 2.36. The van der Waals surface area contributed by atoms with Crippen LogP contribution in [0.2, 0.25) is 0 Å². The van der Waals surface area contributed by atoms with Crippen molar-refractivity contribution in [2.24, 2.45) is 16.7 Å². The third kappa shape index (κ3) is 2.35. The molecule has 0 aliphatic heterocycles. The molecule has 0 saturated heterocycles. The Morgan fingerprint density at radius 2 is 1.54 bits per heavy atom. The van der Waals surface area contributed by atoms with Gasteiger partial charge in [-0.3, -0.25) is 0 Å². The lowest BCUT2D eigenvalue weighted by molar-refractivity contribution is 0.488. The average molecular weight is 316 g/mol. The van der Waals surface area contributed by atoms with Gasteiger partial charge in [-0.1, -0.05) is 89.6 Å². The molecule has 0 nitrogen and oxygen atoms in total. The van der Waals surface area contributed by atoms with Gasteiger partial charge in [-0.2, -0.15) is 0 Å². The van der Waals surface area contributed by atoms with Gasteiger partial charge in [-0.05, 0) is 50.7 Å². The molecule has 0 bridgehead atoms. The maximum absolute atomic E-state index is 2.45. The van der Waals surface area contributed by atoms with Crippen molar-refractivity contribution in [2.75, 3.05) is 0 Å². The zero-order valence-electron chi connectivity index (χ0n) is 15.8. The van der Waals surface area contributed by atoms with Crippen molar-refractivity contribution < 1.29 is 0 Å². The van der Waals surface area contributed by atoms with E-state index in [-0.39, 0.29) is 10.8 Å². The van der Waals surface area contributed by atoms with E-state index in [0.717, 1.165) is 6.42 Å². The van der Waals surface area contributed by atoms with E-state index < -0.39 is 0 Å². The van der Waals surface area contributed by atoms with Crippen LogP contribution in [-0.2, 0) is 0 Å². The van der Waals surface area contributed by atoms with Crippen LogP contribution in [0, 0.1) is 16.7 Å². The SMILES string of the molecule is CC(C)(C)C1=CC2=CC=C3C=C(C(C)(C)C)CC4=C3C2C(=C1)C=C4. The first-order chi connectivity index (χ1) is 11.1. The van der Waals surface area contributed by atoms with Gasteiger partial charge in [0.05, 0.1) is 0 Å². The van der Waals surface area contributed by atoms with Crippen molar-refractivity contribution in [2.45, 2.75) is 48.0 Å². The molecule has 4 rings (SSSR count). The van der Waals surface area contributed by atoms with Gasteiger partial charge in [0, 0.05) is 5.92 Å². The van der Waals surface area contributed by atoms with E-state index in [1.54, 1.807) is 11.1 Å². The fraction of sp³-hybridized carbons (Fsp3) is 0.417. The van der Waals surface area contributed by atoms with Crippen molar-refractivity contribution in [3.05, 3.63) is 81.5 Å². The minimum absolute atomic E-state index is 0.192. The van der Waals surface area contributed by atoms with E-state index in [9.17, 15) is 0 Å². The van der Waals surface area contributed by atoms with Gasteiger partial charge in [-0.25, -0.2) is 0 Å². The third-order valence-electron chi connectivity index (χ3n) is 5.73. The molecule has 0 radical (unpaired) electrons. The van der Waals surface area contributed by atoms with Gasteiger partial charge < -0.3 is 0 Å². The molecule has 1 unspecified atom stereocenters. The van der Waals surface area contributed by atoms with Crippen LogP contribution in [0.15, 0.2) is 81.5 Å². The second-order valence-electron chi connectivity index (χ2n) is 9.58. The molecule has 0 spiro atoms. The van der Waals surface area contributed by atoms with Gasteiger partial charge in [-0.15, -0.1) is 0 Å². The van der Waals surface area contributed by atoms with Crippen molar-refractivity contribution >= 4 is 0 Å². The van der Waals surface area contributed by atoms with Crippen LogP contribution in [0.1, 0.15) is 48.0 Å². The molecule has 124 valence electrons. The monoisotopic (exact) mass is 316 g/mol. The summed E-state index contributed by atoms with van der Waals surface area (Å²) >= 11 is 0. The van der Waals surface area contributed by atoms with E-state index in [2.05, 4.69) is 84.1 Å². The summed E-state index contributed by atoms with van der Waals surface area (Å²) in [5.74, 6) is 0.453. The molecule has 0 aromatic carbocycles. The molecule has 0 heterocycles. The Morgan fingerprint density at radius 1 is 0.792 bits per heavy atom. The molecule has 0 fully saturated rings. The smallest absolute Gasteiger partial charge is 0.0348 e. The molecule has 0 heteroatoms. The van der Waals surface area contributed by atoms with E-state index in [1.807, 2.05) is 0 Å². The highest BCUT2D eigenvalue weighted by Crippen LogP contribution is 2.51. The van der Waals surface area contributed by atoms with E-state index in [1.165, 1.54) is 27.9 Å². The largest absolute Gasteiger partial charge is 0.0598 e. The van der Waals surface area contributed by atoms with Crippen LogP contribution < -0.4 is 0 Å². The summed E-state index contributed by atoms with van der Waals surface area (Å²) in [4.78, 5) is 0. The van der Waals surface area contributed by atoms with Crippen molar-refractivity contribution in [3.8, 4) is 0 Å². The lowest BCUT2D eigenvalue weighted by atomic mass is 9.64. The molecule has 0 aromatic heterocycles. The quantitative estimate of drug-likeness (QED) is 0.471. The summed E-state index contributed by atoms with van der Waals surface area (Å²) in [6.45, 7) is 13.9. The highest BCUT2D eigenvalue weighted by molar-refractivity contribution is 5.69. The topological polar surface area (TPSA) is 0 Å². The van der Waals surface area contributed by atoms with Crippen molar-refractivity contribution in [1.82, 2.24) is 0 Å². The van der Waals surface area contributed by atoms with E-state index in [0.29, 0.717) is 5.92 Å². The Bertz CT molecular complexity index is 827. The summed E-state index contributed by atoms with van der Waals surface area (Å²) in [5.41, 5.74) is 10.8. The Kier molecular flexibility index (Phi) is 3.17. The maximum atomic E-state index is 2.45. The summed E-state index contributed by atoms with van der Waals surface area (Å²) < 4.78 is 0. The van der Waals surface area contributed by atoms with Crippen molar-refractivity contribution in [1.29, 1.82) is 0 Å². The first-order valence-corrected chi connectivity index (χ1v) is 9.13. The summed E-state index contributed by atoms with van der Waals surface area (Å²) in [6.07, 6.45) is 17.8. The molecular weight excluding hydrogens is 288 g/mol. The predicted octanol–water partition coefficient (Wildman–Crippen LogP) is 6.62. The molecular formula is C24H28. The molecule has 24 heavy (non-hydrogen) atoms. The molecule has 1 atom stereocenters. The third-order valence-corrected chi connectivity index (χ3v) is 5.73. The molecule has 0 amide bonds. The van der Waals surface area contributed by atoms with Crippen LogP contribution in [0.25, 0.3) is 0 Å². The Balaban J connectivity index is 1.86. The molecule has 0 saturated carbocycles. The minimum Gasteiger partial charge on any atom is -0.0598 e. The number of hydrogen-bond donors (Lipinski definition) is 0. The molecule has 4 aliphatic rings. The zero-order valence-corrected chi connectivity index (χ0v) is 15.8. The van der Waals surface area contributed by atoms with Gasteiger partial charge >= 0.3 is 0 Å². The standard InChI is InChI=1S/C24H28/c1-23(2,3)19-11-15-7-9-17-13-20(24(4,5)6)14-18-10-8-16(12-19)21(15)22(17)18/h7-13,21H,14H2,1-6H3. The van der Waals surface area contributed by atoms with Gasteiger partial charge in [0.2, 0.25) is 0 Å². The Hall–Kier alpha value is -1.82. The second kappa shape index (κ2) is 4.85. The number of rotatable bonds is 0. The van der Waals surface area contributed by atoms with Gasteiger partial charge in [0.25, 0.3) is 0 Å². The van der Waals surface area contributed by atoms with Gasteiger partial charge in [0.15, 0.2) is 0 Å². The van der Waals surface area contributed by atoms with Crippen LogP contribution >= 0.6 is 0 Å². The van der Waals surface area contributed by atoms with Crippen molar-refractivity contribution in [3.63, 3.8) is 0 Å². The molecule has 4 aliphatic carbocycles. The first kappa shape index (κ1) is 15.7. The number of hydrogen-bond acceptors (Lipinski definition) is 0. The van der Waals surface area contributed by atoms with E-state index in [4.69, 9.17) is 0 Å². The van der Waals surface area contributed by atoms with Crippen LogP contribution in [-0.4, -0.2) is 0 Å². The summed E-state index contributed by atoms with van der Waals surface area (Å²) in [7, 11) is 0.